The summed E-state index contributed by atoms with van der Waals surface area (Å²) in [5, 5.41) is 10.6. The van der Waals surface area contributed by atoms with Crippen molar-refractivity contribution in [2.24, 2.45) is 0 Å². The van der Waals surface area contributed by atoms with Crippen LogP contribution in [0.4, 0.5) is 14.5 Å². The van der Waals surface area contributed by atoms with Crippen molar-refractivity contribution in [2.75, 3.05) is 20.1 Å². The number of halogens is 2. The highest BCUT2D eigenvalue weighted by Gasteiger charge is 2.27. The predicted molar refractivity (Wildman–Crippen MR) is 68.9 cm³/mol. The van der Waals surface area contributed by atoms with Gasteiger partial charge in [-0.2, -0.15) is 4.39 Å². The van der Waals surface area contributed by atoms with E-state index in [9.17, 15) is 23.7 Å². The summed E-state index contributed by atoms with van der Waals surface area (Å²) in [7, 11) is 1.92. The van der Waals surface area contributed by atoms with Gasteiger partial charge in [-0.1, -0.05) is 0 Å². The van der Waals surface area contributed by atoms with Crippen molar-refractivity contribution in [3.8, 4) is 0 Å². The lowest BCUT2D eigenvalue weighted by atomic mass is 10.1. The fraction of sp³-hybridized carbons (Fsp3) is 0.462. The van der Waals surface area contributed by atoms with Crippen LogP contribution in [0.25, 0.3) is 0 Å². The molecule has 1 aliphatic rings. The largest absolute Gasteiger partial charge is 0.459 e. The summed E-state index contributed by atoms with van der Waals surface area (Å²) in [6.07, 6.45) is 0.776. The summed E-state index contributed by atoms with van der Waals surface area (Å²) in [5.41, 5.74) is -1.83. The number of rotatable bonds is 3. The van der Waals surface area contributed by atoms with Gasteiger partial charge in [0.15, 0.2) is 0 Å². The molecule has 2 rings (SSSR count). The fourth-order valence-electron chi connectivity index (χ4n) is 2.17. The first-order chi connectivity index (χ1) is 9.88. The number of benzene rings is 1. The van der Waals surface area contributed by atoms with Crippen molar-refractivity contribution in [1.29, 1.82) is 0 Å². The third-order valence-electron chi connectivity index (χ3n) is 3.37. The summed E-state index contributed by atoms with van der Waals surface area (Å²) in [6.45, 7) is 1.45. The normalized spacial score (nSPS) is 16.7. The second-order valence-corrected chi connectivity index (χ2v) is 4.95. The highest BCUT2D eigenvalue weighted by Crippen LogP contribution is 2.24. The molecule has 8 heteroatoms. The van der Waals surface area contributed by atoms with Crippen LogP contribution in [-0.4, -0.2) is 42.0 Å². The molecule has 0 aliphatic carbocycles. The lowest BCUT2D eigenvalue weighted by Crippen LogP contribution is -2.35. The van der Waals surface area contributed by atoms with Gasteiger partial charge in [-0.15, -0.1) is 0 Å². The van der Waals surface area contributed by atoms with Gasteiger partial charge in [-0.05, 0) is 26.0 Å². The average molecular weight is 300 g/mol. The molecular formula is C13H14F2N2O4. The molecule has 1 aromatic rings. The first kappa shape index (κ1) is 15.3. The van der Waals surface area contributed by atoms with Crippen molar-refractivity contribution >= 4 is 11.7 Å². The molecule has 6 nitrogen and oxygen atoms in total. The van der Waals surface area contributed by atoms with Gasteiger partial charge in [0.25, 0.3) is 0 Å². The van der Waals surface area contributed by atoms with Crippen molar-refractivity contribution in [1.82, 2.24) is 4.90 Å². The minimum atomic E-state index is -1.38. The molecule has 114 valence electrons. The topological polar surface area (TPSA) is 72.7 Å². The average Bonchev–Trinajstić information content (AvgIpc) is 2.43. The molecule has 0 radical (unpaired) electrons. The van der Waals surface area contributed by atoms with Gasteiger partial charge in [0.2, 0.25) is 5.82 Å². The molecule has 1 fully saturated rings. The number of nitro benzene ring substituents is 1. The molecule has 0 N–H and O–H groups in total. The molecule has 0 aromatic heterocycles. The molecule has 1 aromatic carbocycles. The van der Waals surface area contributed by atoms with E-state index in [1.807, 2.05) is 7.05 Å². The second-order valence-electron chi connectivity index (χ2n) is 4.95. The van der Waals surface area contributed by atoms with E-state index in [4.69, 9.17) is 4.74 Å². The number of ether oxygens (including phenoxy) is 1. The Morgan fingerprint density at radius 1 is 1.38 bits per heavy atom. The van der Waals surface area contributed by atoms with E-state index in [0.29, 0.717) is 25.0 Å². The first-order valence-electron chi connectivity index (χ1n) is 6.41. The summed E-state index contributed by atoms with van der Waals surface area (Å²) < 4.78 is 32.2. The van der Waals surface area contributed by atoms with E-state index >= 15 is 0 Å². The Labute approximate surface area is 119 Å². The standard InChI is InChI=1S/C13H14F2N2O4/c1-16-4-2-9(3-5-16)21-13(18)10-6-8(14)7-11(12(10)15)17(19)20/h6-7,9H,2-5H2,1H3. The van der Waals surface area contributed by atoms with E-state index < -0.39 is 39.9 Å². The van der Waals surface area contributed by atoms with Crippen LogP contribution in [0, 0.1) is 21.7 Å². The van der Waals surface area contributed by atoms with Gasteiger partial charge in [-0.3, -0.25) is 10.1 Å². The van der Waals surface area contributed by atoms with Crippen LogP contribution in [0.5, 0.6) is 0 Å². The number of piperidine rings is 1. The van der Waals surface area contributed by atoms with Crippen molar-refractivity contribution in [3.63, 3.8) is 0 Å². The molecule has 1 heterocycles. The summed E-state index contributed by atoms with van der Waals surface area (Å²) in [6, 6.07) is 1.04. The van der Waals surface area contributed by atoms with Crippen molar-refractivity contribution < 1.29 is 23.2 Å². The van der Waals surface area contributed by atoms with E-state index in [1.54, 1.807) is 0 Å². The summed E-state index contributed by atoms with van der Waals surface area (Å²) >= 11 is 0. The van der Waals surface area contributed by atoms with Crippen LogP contribution < -0.4 is 0 Å². The zero-order valence-electron chi connectivity index (χ0n) is 11.3. The predicted octanol–water partition coefficient (Wildman–Crippen LogP) is 2.12. The quantitative estimate of drug-likeness (QED) is 0.486. The number of nitrogens with zero attached hydrogens (tertiary/aromatic N) is 2. The van der Waals surface area contributed by atoms with Gasteiger partial charge in [0.1, 0.15) is 17.5 Å². The van der Waals surface area contributed by atoms with E-state index in [1.165, 1.54) is 0 Å². The van der Waals surface area contributed by atoms with Crippen LogP contribution in [-0.2, 0) is 4.74 Å². The Kier molecular flexibility index (Phi) is 4.46. The molecule has 0 amide bonds. The third-order valence-corrected chi connectivity index (χ3v) is 3.37. The Bertz CT molecular complexity index is 572. The molecular weight excluding hydrogens is 286 g/mol. The number of carbonyl (C=O) groups excluding carboxylic acids is 1. The lowest BCUT2D eigenvalue weighted by molar-refractivity contribution is -0.387. The number of carbonyl (C=O) groups is 1. The maximum Gasteiger partial charge on any atom is 0.341 e. The fourth-order valence-corrected chi connectivity index (χ4v) is 2.17. The summed E-state index contributed by atoms with van der Waals surface area (Å²) in [5.74, 6) is -3.51. The number of nitro groups is 1. The maximum atomic E-state index is 13.9. The van der Waals surface area contributed by atoms with E-state index in [2.05, 4.69) is 4.90 Å². The van der Waals surface area contributed by atoms with Crippen LogP contribution in [0.3, 0.4) is 0 Å². The third kappa shape index (κ3) is 3.52. The van der Waals surface area contributed by atoms with Crippen LogP contribution in [0.15, 0.2) is 12.1 Å². The number of esters is 1. The zero-order valence-corrected chi connectivity index (χ0v) is 11.3. The Morgan fingerprint density at radius 2 is 2.00 bits per heavy atom. The molecule has 21 heavy (non-hydrogen) atoms. The monoisotopic (exact) mass is 300 g/mol. The Balaban J connectivity index is 2.17. The molecule has 0 spiro atoms. The maximum absolute atomic E-state index is 13.9. The Hall–Kier alpha value is -2.09. The molecule has 0 bridgehead atoms. The molecule has 0 saturated carbocycles. The minimum absolute atomic E-state index is 0.393. The van der Waals surface area contributed by atoms with E-state index in [0.717, 1.165) is 13.1 Å². The second kappa shape index (κ2) is 6.13. The number of likely N-dealkylation sites (tertiary alicyclic amines) is 1. The van der Waals surface area contributed by atoms with Gasteiger partial charge in [0.05, 0.1) is 11.0 Å². The highest BCUT2D eigenvalue weighted by molar-refractivity contribution is 5.90. The smallest absolute Gasteiger partial charge is 0.341 e. The lowest BCUT2D eigenvalue weighted by Gasteiger charge is -2.28. The van der Waals surface area contributed by atoms with Gasteiger partial charge in [0, 0.05) is 13.1 Å². The van der Waals surface area contributed by atoms with Crippen molar-refractivity contribution in [2.45, 2.75) is 18.9 Å². The van der Waals surface area contributed by atoms with Crippen LogP contribution in [0.1, 0.15) is 23.2 Å². The van der Waals surface area contributed by atoms with Gasteiger partial charge >= 0.3 is 11.7 Å². The molecule has 0 atom stereocenters. The SMILES string of the molecule is CN1CCC(OC(=O)c2cc(F)cc([N+](=O)[O-])c2F)CC1. The van der Waals surface area contributed by atoms with E-state index in [-0.39, 0.29) is 0 Å². The number of hydrogen-bond acceptors (Lipinski definition) is 5. The van der Waals surface area contributed by atoms with Crippen LogP contribution in [0.2, 0.25) is 0 Å². The molecule has 1 saturated heterocycles. The minimum Gasteiger partial charge on any atom is -0.459 e. The zero-order chi connectivity index (χ0) is 15.6. The van der Waals surface area contributed by atoms with Gasteiger partial charge in [-0.25, -0.2) is 9.18 Å². The summed E-state index contributed by atoms with van der Waals surface area (Å²) in [4.78, 5) is 23.5. The first-order valence-corrected chi connectivity index (χ1v) is 6.41. The molecule has 0 unspecified atom stereocenters. The van der Waals surface area contributed by atoms with Gasteiger partial charge < -0.3 is 9.64 Å². The molecule has 1 aliphatic heterocycles. The van der Waals surface area contributed by atoms with Crippen LogP contribution >= 0.6 is 0 Å². The van der Waals surface area contributed by atoms with Crippen molar-refractivity contribution in [3.05, 3.63) is 39.4 Å². The Morgan fingerprint density at radius 3 is 2.57 bits per heavy atom. The number of hydrogen-bond donors (Lipinski definition) is 0. The highest BCUT2D eigenvalue weighted by atomic mass is 19.1.